The Labute approximate surface area is 128 Å². The Balaban J connectivity index is 1.64. The smallest absolute Gasteiger partial charge is 0.161 e. The fraction of sp³-hybridized carbons (Fsp3) is 0.235. The summed E-state index contributed by atoms with van der Waals surface area (Å²) in [6.45, 7) is 0.906. The van der Waals surface area contributed by atoms with Crippen molar-refractivity contribution in [3.63, 3.8) is 0 Å². The van der Waals surface area contributed by atoms with Gasteiger partial charge in [0.05, 0.1) is 13.7 Å². The molecule has 0 unspecified atom stereocenters. The molecule has 1 N–H and O–H groups in total. The van der Waals surface area contributed by atoms with E-state index in [9.17, 15) is 5.11 Å². The van der Waals surface area contributed by atoms with Crippen molar-refractivity contribution in [2.45, 2.75) is 6.10 Å². The van der Waals surface area contributed by atoms with Gasteiger partial charge in [-0.1, -0.05) is 12.1 Å². The van der Waals surface area contributed by atoms with Gasteiger partial charge < -0.3 is 19.3 Å². The van der Waals surface area contributed by atoms with E-state index >= 15 is 0 Å². The number of hydrogen-bond donors (Lipinski definition) is 1. The maximum Gasteiger partial charge on any atom is 0.161 e. The molecule has 0 aromatic heterocycles. The first kappa shape index (κ1) is 14.3. The van der Waals surface area contributed by atoms with E-state index in [0.717, 1.165) is 11.5 Å². The van der Waals surface area contributed by atoms with Crippen LogP contribution >= 0.6 is 0 Å². The van der Waals surface area contributed by atoms with Crippen molar-refractivity contribution in [2.75, 3.05) is 20.3 Å². The number of para-hydroxylation sites is 2. The van der Waals surface area contributed by atoms with Crippen LogP contribution in [0.25, 0.3) is 0 Å². The molecule has 22 heavy (non-hydrogen) atoms. The fourth-order valence-electron chi connectivity index (χ4n) is 2.18. The molecule has 1 aliphatic rings. The Kier molecular flexibility index (Phi) is 4.14. The molecule has 3 rings (SSSR count). The van der Waals surface area contributed by atoms with Crippen LogP contribution in [0.3, 0.4) is 0 Å². The highest BCUT2D eigenvalue weighted by molar-refractivity contribution is 5.84. The zero-order valence-electron chi connectivity index (χ0n) is 12.2. The first-order valence-corrected chi connectivity index (χ1v) is 7.01. The molecule has 2 aromatic carbocycles. The number of benzene rings is 2. The minimum absolute atomic E-state index is 0.140. The third-order valence-corrected chi connectivity index (χ3v) is 3.34. The molecule has 0 saturated heterocycles. The second kappa shape index (κ2) is 6.39. The number of phenolic OH excluding ortho intramolecular Hbond substituents is 1. The van der Waals surface area contributed by atoms with Crippen molar-refractivity contribution in [3.05, 3.63) is 48.0 Å². The van der Waals surface area contributed by atoms with E-state index in [2.05, 4.69) is 4.99 Å². The van der Waals surface area contributed by atoms with Gasteiger partial charge in [0.15, 0.2) is 17.6 Å². The number of aromatic hydroxyl groups is 1. The van der Waals surface area contributed by atoms with E-state index in [1.54, 1.807) is 31.5 Å². The number of phenols is 1. The fourth-order valence-corrected chi connectivity index (χ4v) is 2.18. The Morgan fingerprint density at radius 1 is 1.27 bits per heavy atom. The Morgan fingerprint density at radius 2 is 2.09 bits per heavy atom. The van der Waals surface area contributed by atoms with Crippen LogP contribution in [0.15, 0.2) is 47.5 Å². The van der Waals surface area contributed by atoms with Gasteiger partial charge in [-0.3, -0.25) is 4.99 Å². The quantitative estimate of drug-likeness (QED) is 0.882. The predicted molar refractivity (Wildman–Crippen MR) is 83.5 cm³/mol. The Bertz CT molecular complexity index is 684. The summed E-state index contributed by atoms with van der Waals surface area (Å²) >= 11 is 0. The van der Waals surface area contributed by atoms with Crippen LogP contribution in [-0.4, -0.2) is 37.7 Å². The molecule has 0 amide bonds. The van der Waals surface area contributed by atoms with Crippen molar-refractivity contribution in [1.29, 1.82) is 0 Å². The van der Waals surface area contributed by atoms with E-state index < -0.39 is 0 Å². The highest BCUT2D eigenvalue weighted by atomic mass is 16.6. The molecule has 0 saturated carbocycles. The first-order chi connectivity index (χ1) is 10.8. The zero-order chi connectivity index (χ0) is 15.4. The predicted octanol–water partition coefficient (Wildman–Crippen LogP) is 2.66. The minimum Gasteiger partial charge on any atom is -0.507 e. The van der Waals surface area contributed by atoms with Crippen LogP contribution in [0, 0.1) is 0 Å². The van der Waals surface area contributed by atoms with Crippen molar-refractivity contribution in [3.8, 4) is 23.0 Å². The monoisotopic (exact) mass is 299 g/mol. The topological polar surface area (TPSA) is 60.3 Å². The molecule has 5 heteroatoms. The summed E-state index contributed by atoms with van der Waals surface area (Å²) in [5.74, 6) is 2.33. The summed E-state index contributed by atoms with van der Waals surface area (Å²) in [7, 11) is 1.58. The number of nitrogens with zero attached hydrogens (tertiary/aromatic N) is 1. The average Bonchev–Trinajstić information content (AvgIpc) is 2.56. The summed E-state index contributed by atoms with van der Waals surface area (Å²) in [5, 5.41) is 9.79. The van der Waals surface area contributed by atoms with Crippen LogP contribution < -0.4 is 14.2 Å². The molecular formula is C17H17NO4. The maximum absolute atomic E-state index is 9.79. The zero-order valence-corrected chi connectivity index (χ0v) is 12.2. The number of ether oxygens (including phenoxy) is 3. The number of rotatable bonds is 4. The molecule has 0 bridgehead atoms. The Hall–Kier alpha value is -2.69. The molecule has 5 nitrogen and oxygen atoms in total. The van der Waals surface area contributed by atoms with Crippen molar-refractivity contribution in [2.24, 2.45) is 4.99 Å². The third-order valence-electron chi connectivity index (χ3n) is 3.34. The Morgan fingerprint density at radius 3 is 2.91 bits per heavy atom. The lowest BCUT2D eigenvalue weighted by atomic mass is 10.2. The van der Waals surface area contributed by atoms with Crippen LogP contribution in [0.1, 0.15) is 5.56 Å². The van der Waals surface area contributed by atoms with E-state index in [4.69, 9.17) is 14.2 Å². The van der Waals surface area contributed by atoms with Gasteiger partial charge in [-0.05, 0) is 30.3 Å². The average molecular weight is 299 g/mol. The molecule has 2 aromatic rings. The normalized spacial score (nSPS) is 16.7. The maximum atomic E-state index is 9.79. The standard InChI is InChI=1S/C17H17NO4/c1-20-13-6-7-15(19)12(8-13)9-18-10-14-11-21-16-4-2-3-5-17(16)22-14/h2-9,14,19H,10-11H2,1H3/t14-/m1/s1. The second-order valence-electron chi connectivity index (χ2n) is 4.92. The van der Waals surface area contributed by atoms with E-state index in [1.807, 2.05) is 24.3 Å². The summed E-state index contributed by atoms with van der Waals surface area (Å²) in [6, 6.07) is 12.6. The number of aliphatic imine (C=N–C) groups is 1. The summed E-state index contributed by atoms with van der Waals surface area (Å²) in [4.78, 5) is 4.33. The van der Waals surface area contributed by atoms with Crippen LogP contribution in [0.4, 0.5) is 0 Å². The van der Waals surface area contributed by atoms with Crippen LogP contribution in [0.2, 0.25) is 0 Å². The van der Waals surface area contributed by atoms with Gasteiger partial charge >= 0.3 is 0 Å². The number of hydrogen-bond acceptors (Lipinski definition) is 5. The molecule has 0 spiro atoms. The second-order valence-corrected chi connectivity index (χ2v) is 4.92. The van der Waals surface area contributed by atoms with Gasteiger partial charge in [0.1, 0.15) is 18.1 Å². The van der Waals surface area contributed by atoms with E-state index in [0.29, 0.717) is 24.5 Å². The first-order valence-electron chi connectivity index (χ1n) is 7.01. The molecule has 1 atom stereocenters. The highest BCUT2D eigenvalue weighted by Crippen LogP contribution is 2.30. The van der Waals surface area contributed by atoms with Crippen molar-refractivity contribution < 1.29 is 19.3 Å². The largest absolute Gasteiger partial charge is 0.507 e. The molecular weight excluding hydrogens is 282 g/mol. The molecule has 0 fully saturated rings. The third kappa shape index (κ3) is 3.14. The van der Waals surface area contributed by atoms with E-state index in [-0.39, 0.29) is 11.9 Å². The summed E-state index contributed by atoms with van der Waals surface area (Å²) in [6.07, 6.45) is 1.47. The van der Waals surface area contributed by atoms with Gasteiger partial charge in [-0.2, -0.15) is 0 Å². The van der Waals surface area contributed by atoms with Crippen LogP contribution in [-0.2, 0) is 0 Å². The molecule has 1 heterocycles. The van der Waals surface area contributed by atoms with Gasteiger partial charge in [0, 0.05) is 11.8 Å². The summed E-state index contributed by atoms with van der Waals surface area (Å²) in [5.41, 5.74) is 0.608. The van der Waals surface area contributed by atoms with Gasteiger partial charge in [0.2, 0.25) is 0 Å². The molecule has 0 radical (unpaired) electrons. The minimum atomic E-state index is -0.140. The molecule has 0 aliphatic carbocycles. The number of methoxy groups -OCH3 is 1. The lowest BCUT2D eigenvalue weighted by Crippen LogP contribution is -2.31. The van der Waals surface area contributed by atoms with E-state index in [1.165, 1.54) is 0 Å². The lowest BCUT2D eigenvalue weighted by molar-refractivity contribution is 0.0973. The summed E-state index contributed by atoms with van der Waals surface area (Å²) < 4.78 is 16.6. The number of fused-ring (bicyclic) bond motifs is 1. The van der Waals surface area contributed by atoms with Gasteiger partial charge in [-0.25, -0.2) is 0 Å². The molecule has 1 aliphatic heterocycles. The SMILES string of the molecule is COc1ccc(O)c(C=NC[C@@H]2COc3ccccc3O2)c1. The van der Waals surface area contributed by atoms with Crippen molar-refractivity contribution in [1.82, 2.24) is 0 Å². The highest BCUT2D eigenvalue weighted by Gasteiger charge is 2.19. The lowest BCUT2D eigenvalue weighted by Gasteiger charge is -2.25. The van der Waals surface area contributed by atoms with Crippen molar-refractivity contribution >= 4 is 6.21 Å². The van der Waals surface area contributed by atoms with Gasteiger partial charge in [-0.15, -0.1) is 0 Å². The van der Waals surface area contributed by atoms with Gasteiger partial charge in [0.25, 0.3) is 0 Å². The van der Waals surface area contributed by atoms with Crippen LogP contribution in [0.5, 0.6) is 23.0 Å². The molecule has 114 valence electrons.